The number of nitro groups is 1. The number of urea groups is 1. The Morgan fingerprint density at radius 3 is 2.39 bits per heavy atom. The van der Waals surface area contributed by atoms with Gasteiger partial charge in [0.05, 0.1) is 23.3 Å². The van der Waals surface area contributed by atoms with E-state index in [9.17, 15) is 24.5 Å². The summed E-state index contributed by atoms with van der Waals surface area (Å²) in [6.45, 7) is 3.78. The van der Waals surface area contributed by atoms with Crippen LogP contribution in [0.3, 0.4) is 0 Å². The predicted octanol–water partition coefficient (Wildman–Crippen LogP) is 2.28. The van der Waals surface area contributed by atoms with Crippen LogP contribution in [0.5, 0.6) is 5.75 Å². The smallest absolute Gasteiger partial charge is 0.332 e. The molecular formula is C25H27N5O6. The summed E-state index contributed by atoms with van der Waals surface area (Å²) in [5, 5.41) is 11.5. The maximum absolute atomic E-state index is 13.8. The first kappa shape index (κ1) is 23.6. The van der Waals surface area contributed by atoms with Crippen molar-refractivity contribution in [2.75, 3.05) is 50.1 Å². The number of para-hydroxylation sites is 2. The zero-order chi connectivity index (χ0) is 25.8. The Balaban J connectivity index is 1.65. The van der Waals surface area contributed by atoms with Gasteiger partial charge in [-0.05, 0) is 30.7 Å². The quantitative estimate of drug-likeness (QED) is 0.362. The first-order valence-electron chi connectivity index (χ1n) is 11.8. The van der Waals surface area contributed by atoms with E-state index >= 15 is 0 Å². The summed E-state index contributed by atoms with van der Waals surface area (Å²) >= 11 is 0. The normalized spacial score (nSPS) is 21.0. The molecule has 2 aromatic rings. The summed E-state index contributed by atoms with van der Waals surface area (Å²) in [4.78, 5) is 57.3. The van der Waals surface area contributed by atoms with Crippen LogP contribution in [-0.4, -0.2) is 78.9 Å². The molecule has 36 heavy (non-hydrogen) atoms. The second kappa shape index (κ2) is 8.51. The van der Waals surface area contributed by atoms with Crippen molar-refractivity contribution in [3.8, 4) is 5.75 Å². The number of barbiturate groups is 1. The molecule has 0 bridgehead atoms. The highest BCUT2D eigenvalue weighted by Gasteiger charge is 2.64. The average Bonchev–Trinajstić information content (AvgIpc) is 2.89. The molecule has 2 fully saturated rings. The number of hydrogen-bond donors (Lipinski definition) is 0. The molecule has 0 saturated carbocycles. The van der Waals surface area contributed by atoms with Gasteiger partial charge in [-0.15, -0.1) is 0 Å². The Labute approximate surface area is 208 Å². The number of hydrogen-bond acceptors (Lipinski definition) is 8. The van der Waals surface area contributed by atoms with Crippen LogP contribution in [0.1, 0.15) is 12.5 Å². The van der Waals surface area contributed by atoms with Crippen LogP contribution in [0.25, 0.3) is 0 Å². The zero-order valence-corrected chi connectivity index (χ0v) is 20.3. The Morgan fingerprint density at radius 2 is 1.72 bits per heavy atom. The van der Waals surface area contributed by atoms with Gasteiger partial charge in [-0.3, -0.25) is 29.5 Å². The number of nitrogens with zero attached hydrogens (tertiary/aromatic N) is 5. The first-order valence-corrected chi connectivity index (χ1v) is 11.8. The zero-order valence-electron chi connectivity index (χ0n) is 20.3. The van der Waals surface area contributed by atoms with E-state index in [-0.39, 0.29) is 12.1 Å². The number of carbonyl (C=O) groups is 3. The number of nitro benzene ring substituents is 1. The van der Waals surface area contributed by atoms with E-state index in [0.29, 0.717) is 37.6 Å². The van der Waals surface area contributed by atoms with Crippen LogP contribution in [0, 0.1) is 15.5 Å². The second-order valence-corrected chi connectivity index (χ2v) is 9.29. The minimum absolute atomic E-state index is 0.0360. The maximum atomic E-state index is 13.8. The fraction of sp³-hybridized carbons (Fsp3) is 0.400. The van der Waals surface area contributed by atoms with Gasteiger partial charge in [0.15, 0.2) is 5.41 Å². The van der Waals surface area contributed by atoms with Crippen molar-refractivity contribution in [1.29, 1.82) is 0 Å². The fourth-order valence-corrected chi connectivity index (χ4v) is 5.76. The van der Waals surface area contributed by atoms with Gasteiger partial charge >= 0.3 is 6.03 Å². The number of fused-ring (bicyclic) bond motifs is 4. The third-order valence-electron chi connectivity index (χ3n) is 7.45. The van der Waals surface area contributed by atoms with Crippen molar-refractivity contribution in [1.82, 2.24) is 9.80 Å². The molecule has 0 unspecified atom stereocenters. The Morgan fingerprint density at radius 1 is 1.03 bits per heavy atom. The van der Waals surface area contributed by atoms with Crippen molar-refractivity contribution < 1.29 is 24.0 Å². The number of anilines is 2. The maximum Gasteiger partial charge on any atom is 0.332 e. The second-order valence-electron chi connectivity index (χ2n) is 9.29. The van der Waals surface area contributed by atoms with E-state index in [1.807, 2.05) is 36.1 Å². The topological polar surface area (TPSA) is 117 Å². The lowest BCUT2D eigenvalue weighted by atomic mass is 9.67. The Bertz CT molecular complexity index is 1260. The Kier molecular flexibility index (Phi) is 5.57. The van der Waals surface area contributed by atoms with Gasteiger partial charge in [-0.2, -0.15) is 0 Å². The largest absolute Gasteiger partial charge is 0.492 e. The molecule has 0 N–H and O–H groups in total. The lowest BCUT2D eigenvalue weighted by Gasteiger charge is -2.56. The van der Waals surface area contributed by atoms with E-state index in [0.717, 1.165) is 21.2 Å². The molecule has 188 valence electrons. The number of rotatable bonds is 4. The molecule has 2 saturated heterocycles. The number of imide groups is 2. The number of ether oxygens (including phenoxy) is 1. The molecule has 3 aliphatic heterocycles. The summed E-state index contributed by atoms with van der Waals surface area (Å²) in [5.41, 5.74) is 0.439. The van der Waals surface area contributed by atoms with E-state index in [2.05, 4.69) is 4.90 Å². The molecule has 3 aliphatic rings. The van der Waals surface area contributed by atoms with Crippen molar-refractivity contribution in [3.63, 3.8) is 0 Å². The standard InChI is InChI=1S/C25H27N5O6/c1-4-36-20-8-6-5-7-19(20)28-11-12-29-18-10-9-17(30(34)35)13-16(18)14-25(21(29)15-28)22(31)26(2)24(33)27(3)23(25)32/h5-10,13,21H,4,11-12,14-15H2,1-3H3/t21-/m1/s1. The summed E-state index contributed by atoms with van der Waals surface area (Å²) < 4.78 is 5.83. The number of amides is 4. The molecule has 11 heteroatoms. The van der Waals surface area contributed by atoms with E-state index < -0.39 is 34.2 Å². The van der Waals surface area contributed by atoms with Gasteiger partial charge in [0.1, 0.15) is 5.75 Å². The van der Waals surface area contributed by atoms with Crippen LogP contribution in [0.15, 0.2) is 42.5 Å². The Hall–Kier alpha value is -4.15. The van der Waals surface area contributed by atoms with E-state index in [1.165, 1.54) is 26.2 Å². The minimum Gasteiger partial charge on any atom is -0.492 e. The van der Waals surface area contributed by atoms with Gasteiger partial charge in [0.25, 0.3) is 5.69 Å². The average molecular weight is 494 g/mol. The molecule has 4 amide bonds. The van der Waals surface area contributed by atoms with Crippen molar-refractivity contribution in [2.45, 2.75) is 19.4 Å². The van der Waals surface area contributed by atoms with Gasteiger partial charge in [0.2, 0.25) is 11.8 Å². The highest BCUT2D eigenvalue weighted by molar-refractivity contribution is 6.20. The van der Waals surface area contributed by atoms with Crippen molar-refractivity contribution in [3.05, 3.63) is 58.1 Å². The molecule has 0 aromatic heterocycles. The summed E-state index contributed by atoms with van der Waals surface area (Å²) in [6.07, 6.45) is -0.0360. The van der Waals surface area contributed by atoms with Crippen LogP contribution >= 0.6 is 0 Å². The number of piperazine rings is 1. The van der Waals surface area contributed by atoms with Crippen LogP contribution in [0.4, 0.5) is 21.9 Å². The monoisotopic (exact) mass is 493 g/mol. The number of carbonyl (C=O) groups excluding carboxylic acids is 3. The fourth-order valence-electron chi connectivity index (χ4n) is 5.76. The molecule has 1 atom stereocenters. The van der Waals surface area contributed by atoms with Crippen LogP contribution in [0.2, 0.25) is 0 Å². The molecule has 11 nitrogen and oxygen atoms in total. The highest BCUT2D eigenvalue weighted by atomic mass is 16.6. The summed E-state index contributed by atoms with van der Waals surface area (Å²) in [5.74, 6) is -0.481. The van der Waals surface area contributed by atoms with Crippen molar-refractivity contribution in [2.24, 2.45) is 5.41 Å². The molecule has 0 radical (unpaired) electrons. The lowest BCUT2D eigenvalue weighted by molar-refractivity contribution is -0.384. The highest BCUT2D eigenvalue weighted by Crippen LogP contribution is 2.48. The lowest BCUT2D eigenvalue weighted by Crippen LogP contribution is -2.74. The third kappa shape index (κ3) is 3.29. The predicted molar refractivity (Wildman–Crippen MR) is 131 cm³/mol. The van der Waals surface area contributed by atoms with E-state index in [4.69, 9.17) is 4.74 Å². The van der Waals surface area contributed by atoms with E-state index in [1.54, 1.807) is 6.07 Å². The van der Waals surface area contributed by atoms with Crippen LogP contribution in [-0.2, 0) is 16.0 Å². The first-order chi connectivity index (χ1) is 17.2. The molecule has 2 aromatic carbocycles. The van der Waals surface area contributed by atoms with Crippen molar-refractivity contribution >= 4 is 34.9 Å². The van der Waals surface area contributed by atoms with Gasteiger partial charge < -0.3 is 14.5 Å². The third-order valence-corrected chi connectivity index (χ3v) is 7.45. The summed E-state index contributed by atoms with van der Waals surface area (Å²) in [7, 11) is 2.74. The molecule has 5 rings (SSSR count). The van der Waals surface area contributed by atoms with Gasteiger partial charge in [-0.25, -0.2) is 4.79 Å². The van der Waals surface area contributed by atoms with Crippen LogP contribution < -0.4 is 14.5 Å². The molecule has 0 aliphatic carbocycles. The van der Waals surface area contributed by atoms with Gasteiger partial charge in [0, 0.05) is 58.0 Å². The molecule has 1 spiro atoms. The molecule has 3 heterocycles. The molecular weight excluding hydrogens is 466 g/mol. The van der Waals surface area contributed by atoms with Gasteiger partial charge in [-0.1, -0.05) is 12.1 Å². The number of benzene rings is 2. The number of non-ortho nitro benzene ring substituents is 1. The SMILES string of the molecule is CCOc1ccccc1N1CCN2c3ccc([N+](=O)[O-])cc3CC3(C(=O)N(C)C(=O)N(C)C3=O)[C@H]2C1. The summed E-state index contributed by atoms with van der Waals surface area (Å²) in [6, 6.07) is 10.9. The minimum atomic E-state index is -1.61.